The Balaban J connectivity index is 1.92. The third kappa shape index (κ3) is 7.15. The van der Waals surface area contributed by atoms with Crippen LogP contribution >= 0.6 is 0 Å². The molecule has 0 bridgehead atoms. The highest BCUT2D eigenvalue weighted by Crippen LogP contribution is 2.21. The molecule has 0 aromatic heterocycles. The number of likely N-dealkylation sites (tertiary alicyclic amines) is 2. The maximum atomic E-state index is 13.0. The van der Waals surface area contributed by atoms with Crippen LogP contribution in [-0.2, 0) is 43.0 Å². The summed E-state index contributed by atoms with van der Waals surface area (Å²) >= 11 is 0. The summed E-state index contributed by atoms with van der Waals surface area (Å²) in [6.07, 6.45) is -0.337. The van der Waals surface area contributed by atoms with E-state index < -0.39 is 60.1 Å². The molecule has 12 nitrogen and oxygen atoms in total. The first-order valence-electron chi connectivity index (χ1n) is 11.9. The van der Waals surface area contributed by atoms with E-state index in [4.69, 9.17) is 14.2 Å². The van der Waals surface area contributed by atoms with Gasteiger partial charge in [-0.3, -0.25) is 14.4 Å². The van der Waals surface area contributed by atoms with Gasteiger partial charge in [-0.25, -0.2) is 14.4 Å². The number of carbonyl (C=O) groups is 6. The zero-order valence-corrected chi connectivity index (χ0v) is 20.9. The van der Waals surface area contributed by atoms with Gasteiger partial charge in [0.25, 0.3) is 0 Å². The van der Waals surface area contributed by atoms with Crippen molar-refractivity contribution in [3.8, 4) is 0 Å². The van der Waals surface area contributed by atoms with Crippen molar-refractivity contribution in [2.24, 2.45) is 0 Å². The maximum Gasteiger partial charge on any atom is 0.347 e. The largest absolute Gasteiger partial charge is 0.463 e. The van der Waals surface area contributed by atoms with Crippen LogP contribution in [0.25, 0.3) is 0 Å². The van der Waals surface area contributed by atoms with Crippen molar-refractivity contribution in [2.75, 3.05) is 19.7 Å². The predicted octanol–water partition coefficient (Wildman–Crippen LogP) is -0.0805. The van der Waals surface area contributed by atoms with Gasteiger partial charge < -0.3 is 29.3 Å². The summed E-state index contributed by atoms with van der Waals surface area (Å²) in [5, 5.41) is 2.65. The quantitative estimate of drug-likeness (QED) is 0.341. The van der Waals surface area contributed by atoms with Gasteiger partial charge in [-0.2, -0.15) is 0 Å². The number of nitrogens with one attached hydrogen (secondary N) is 1. The fraction of sp³-hybridized carbons (Fsp3) is 0.739. The second kappa shape index (κ2) is 12.5. The van der Waals surface area contributed by atoms with Crippen LogP contribution in [0, 0.1) is 0 Å². The first kappa shape index (κ1) is 28.1. The summed E-state index contributed by atoms with van der Waals surface area (Å²) in [5.74, 6) is -3.48. The number of rotatable bonds is 9. The molecular weight excluding hydrogens is 462 g/mol. The van der Waals surface area contributed by atoms with Gasteiger partial charge in [0.1, 0.15) is 18.1 Å². The summed E-state index contributed by atoms with van der Waals surface area (Å²) in [7, 11) is 0. The smallest absolute Gasteiger partial charge is 0.347 e. The lowest BCUT2D eigenvalue weighted by Crippen LogP contribution is -2.54. The minimum absolute atomic E-state index is 0.130. The molecule has 2 aliphatic heterocycles. The summed E-state index contributed by atoms with van der Waals surface area (Å²) in [6, 6.07) is -2.45. The molecule has 2 fully saturated rings. The van der Waals surface area contributed by atoms with Crippen LogP contribution in [0.4, 0.5) is 0 Å². The van der Waals surface area contributed by atoms with Crippen LogP contribution in [0.5, 0.6) is 0 Å². The SMILES string of the molecule is CCOC(=O)[C@H](C)OC(=O)[C@H](C)OC(=O)[C@@H]1CCCN1C(=O)[C@H](C)NC(=O)[C@@H]1CCCN1C(C)=O. The van der Waals surface area contributed by atoms with E-state index in [-0.39, 0.29) is 12.5 Å². The molecule has 3 amide bonds. The minimum atomic E-state index is -1.30. The zero-order valence-electron chi connectivity index (χ0n) is 20.9. The Labute approximate surface area is 204 Å². The van der Waals surface area contributed by atoms with Crippen LogP contribution in [0.2, 0.25) is 0 Å². The van der Waals surface area contributed by atoms with Crippen molar-refractivity contribution in [2.45, 2.75) is 90.6 Å². The van der Waals surface area contributed by atoms with E-state index in [1.807, 2.05) is 0 Å². The highest BCUT2D eigenvalue weighted by molar-refractivity contribution is 5.94. The average molecular weight is 498 g/mol. The van der Waals surface area contributed by atoms with Gasteiger partial charge in [0, 0.05) is 20.0 Å². The lowest BCUT2D eigenvalue weighted by Gasteiger charge is -2.29. The van der Waals surface area contributed by atoms with Crippen LogP contribution in [-0.4, -0.2) is 95.5 Å². The molecule has 0 saturated carbocycles. The van der Waals surface area contributed by atoms with Crippen molar-refractivity contribution in [1.29, 1.82) is 0 Å². The molecule has 0 radical (unpaired) electrons. The van der Waals surface area contributed by atoms with Crippen molar-refractivity contribution < 1.29 is 43.0 Å². The molecule has 196 valence electrons. The van der Waals surface area contributed by atoms with E-state index >= 15 is 0 Å². The third-order valence-electron chi connectivity index (χ3n) is 6.03. The first-order valence-corrected chi connectivity index (χ1v) is 11.9. The van der Waals surface area contributed by atoms with E-state index in [1.54, 1.807) is 6.92 Å². The highest BCUT2D eigenvalue weighted by Gasteiger charge is 2.40. The molecule has 35 heavy (non-hydrogen) atoms. The Kier molecular flexibility index (Phi) is 10.0. The lowest BCUT2D eigenvalue weighted by atomic mass is 10.1. The van der Waals surface area contributed by atoms with E-state index in [0.717, 1.165) is 0 Å². The number of esters is 3. The molecule has 0 spiro atoms. The van der Waals surface area contributed by atoms with Gasteiger partial charge in [-0.1, -0.05) is 0 Å². The Bertz CT molecular complexity index is 846. The number of amides is 3. The Morgan fingerprint density at radius 2 is 1.43 bits per heavy atom. The van der Waals surface area contributed by atoms with Gasteiger partial charge in [0.05, 0.1) is 6.61 Å². The second-order valence-corrected chi connectivity index (χ2v) is 8.70. The number of carbonyl (C=O) groups excluding carboxylic acids is 6. The van der Waals surface area contributed by atoms with Crippen LogP contribution in [0.3, 0.4) is 0 Å². The fourth-order valence-corrected chi connectivity index (χ4v) is 4.19. The van der Waals surface area contributed by atoms with Crippen molar-refractivity contribution in [3.63, 3.8) is 0 Å². The van der Waals surface area contributed by atoms with Gasteiger partial charge >= 0.3 is 17.9 Å². The summed E-state index contributed by atoms with van der Waals surface area (Å²) in [6.45, 7) is 8.11. The highest BCUT2D eigenvalue weighted by atomic mass is 16.6. The molecule has 1 N–H and O–H groups in total. The Morgan fingerprint density at radius 1 is 0.857 bits per heavy atom. The van der Waals surface area contributed by atoms with E-state index in [9.17, 15) is 28.8 Å². The topological polar surface area (TPSA) is 149 Å². The second-order valence-electron chi connectivity index (χ2n) is 8.70. The normalized spacial score (nSPS) is 22.1. The molecule has 0 aromatic rings. The molecule has 0 unspecified atom stereocenters. The van der Waals surface area contributed by atoms with Crippen LogP contribution in [0.15, 0.2) is 0 Å². The Hall–Kier alpha value is -3.18. The molecular formula is C23H35N3O9. The molecule has 12 heteroatoms. The number of hydrogen-bond donors (Lipinski definition) is 1. The predicted molar refractivity (Wildman–Crippen MR) is 120 cm³/mol. The van der Waals surface area contributed by atoms with Crippen LogP contribution in [0.1, 0.15) is 60.3 Å². The summed E-state index contributed by atoms with van der Waals surface area (Å²) < 4.78 is 15.0. The lowest BCUT2D eigenvalue weighted by molar-refractivity contribution is -0.178. The first-order chi connectivity index (χ1) is 16.5. The zero-order chi connectivity index (χ0) is 26.3. The van der Waals surface area contributed by atoms with Gasteiger partial charge in [0.2, 0.25) is 17.7 Å². The number of nitrogens with zero attached hydrogens (tertiary/aromatic N) is 2. The third-order valence-corrected chi connectivity index (χ3v) is 6.03. The average Bonchev–Trinajstić information content (AvgIpc) is 3.48. The summed E-state index contributed by atoms with van der Waals surface area (Å²) in [4.78, 5) is 76.7. The Morgan fingerprint density at radius 3 is 2.03 bits per heavy atom. The molecule has 5 atom stereocenters. The maximum absolute atomic E-state index is 13.0. The van der Waals surface area contributed by atoms with E-state index in [0.29, 0.717) is 38.8 Å². The molecule has 2 rings (SSSR count). The van der Waals surface area contributed by atoms with Gasteiger partial charge in [0.15, 0.2) is 12.2 Å². The van der Waals surface area contributed by atoms with Crippen LogP contribution < -0.4 is 5.32 Å². The standard InChI is InChI=1S/C23H35N3O9/c1-6-33-21(30)14(3)34-22(31)15(4)35-23(32)18-10-8-12-26(18)20(29)13(2)24-19(28)17-9-7-11-25(17)16(5)27/h13-15,17-18H,6-12H2,1-5H3,(H,24,28)/t13-,14-,15-,17-,18-/m0/s1. The van der Waals surface area contributed by atoms with Gasteiger partial charge in [-0.15, -0.1) is 0 Å². The van der Waals surface area contributed by atoms with Gasteiger partial charge in [-0.05, 0) is 53.4 Å². The van der Waals surface area contributed by atoms with Crippen molar-refractivity contribution >= 4 is 35.6 Å². The monoisotopic (exact) mass is 497 g/mol. The van der Waals surface area contributed by atoms with Crippen molar-refractivity contribution in [3.05, 3.63) is 0 Å². The van der Waals surface area contributed by atoms with Crippen molar-refractivity contribution in [1.82, 2.24) is 15.1 Å². The molecule has 0 aromatic carbocycles. The molecule has 0 aliphatic carbocycles. The fourth-order valence-electron chi connectivity index (χ4n) is 4.19. The number of ether oxygens (including phenoxy) is 3. The van der Waals surface area contributed by atoms with E-state index in [2.05, 4.69) is 5.32 Å². The summed E-state index contributed by atoms with van der Waals surface area (Å²) in [5.41, 5.74) is 0. The minimum Gasteiger partial charge on any atom is -0.463 e. The van der Waals surface area contributed by atoms with E-state index in [1.165, 1.54) is 37.5 Å². The molecule has 2 aliphatic rings. The molecule has 2 heterocycles. The molecule has 2 saturated heterocycles. The number of hydrogen-bond acceptors (Lipinski definition) is 9.